The Morgan fingerprint density at radius 2 is 1.87 bits per heavy atom. The number of likely N-dealkylation sites (tertiary alicyclic amines) is 1. The molecule has 0 saturated carbocycles. The van der Waals surface area contributed by atoms with Gasteiger partial charge in [0.15, 0.2) is 11.6 Å². The lowest BCUT2D eigenvalue weighted by Crippen LogP contribution is -2.67. The maximum Gasteiger partial charge on any atom is 0.410 e. The fourth-order valence-electron chi connectivity index (χ4n) is 6.83. The van der Waals surface area contributed by atoms with Crippen molar-refractivity contribution in [2.75, 3.05) is 38.6 Å². The molecule has 2 atom stereocenters. The van der Waals surface area contributed by atoms with Crippen molar-refractivity contribution in [3.63, 3.8) is 0 Å². The lowest BCUT2D eigenvalue weighted by Gasteiger charge is -2.52. The third-order valence-electron chi connectivity index (χ3n) is 9.53. The predicted octanol–water partition coefficient (Wildman–Crippen LogP) is 6.83. The Balaban J connectivity index is 1.48. The number of ether oxygens (including phenoxy) is 1. The number of amides is 1. The summed E-state index contributed by atoms with van der Waals surface area (Å²) in [5.41, 5.74) is 2.65. The first-order valence-electron chi connectivity index (χ1n) is 15.7. The summed E-state index contributed by atoms with van der Waals surface area (Å²) in [7, 11) is 4.10. The summed E-state index contributed by atoms with van der Waals surface area (Å²) in [4.78, 5) is 28.9. The molecule has 2 aliphatic rings. The number of halogens is 2. The fourth-order valence-corrected chi connectivity index (χ4v) is 6.83. The molecular formula is C35H41F2N7O2. The highest BCUT2D eigenvalue weighted by Crippen LogP contribution is 2.42. The summed E-state index contributed by atoms with van der Waals surface area (Å²) >= 11 is 0. The molecule has 2 aliphatic heterocycles. The van der Waals surface area contributed by atoms with Crippen molar-refractivity contribution in [2.24, 2.45) is 0 Å². The zero-order chi connectivity index (χ0) is 33.1. The number of nitriles is 1. The van der Waals surface area contributed by atoms with Crippen LogP contribution < -0.4 is 4.90 Å². The van der Waals surface area contributed by atoms with Crippen LogP contribution in [0.5, 0.6) is 0 Å². The molecule has 242 valence electrons. The number of carbonyl (C=O) groups excluding carboxylic acids is 1. The quantitative estimate of drug-likeness (QED) is 0.239. The van der Waals surface area contributed by atoms with Crippen LogP contribution in [-0.2, 0) is 4.74 Å². The van der Waals surface area contributed by atoms with Gasteiger partial charge in [0.2, 0.25) is 0 Å². The number of benzene rings is 2. The predicted molar refractivity (Wildman–Crippen MR) is 175 cm³/mol. The van der Waals surface area contributed by atoms with Crippen molar-refractivity contribution >= 4 is 33.8 Å². The minimum atomic E-state index is -0.651. The Hall–Kier alpha value is -4.30. The van der Waals surface area contributed by atoms with Gasteiger partial charge >= 0.3 is 6.09 Å². The standard InChI is InChI=1S/C35H41F2N7O2/c1-21-16-26-29(28(37)27(21)22-8-10-23(36)11-9-22)40-32(42-18-35(5,19-42)41(6)7)30-31(26)44(20-39-30)25-13-15-43(24(17-25)12-14-38)33(45)46-34(2,3)4/h8-11,16,20,24-25H,12-13,15,17-19H2,1-7H3/t24-,25+/m1/s1. The van der Waals surface area contributed by atoms with Crippen LogP contribution >= 0.6 is 0 Å². The van der Waals surface area contributed by atoms with Gasteiger partial charge in [0.1, 0.15) is 22.5 Å². The number of imidazole rings is 1. The molecule has 1 amide bonds. The summed E-state index contributed by atoms with van der Waals surface area (Å²) in [5.74, 6) is -0.230. The average molecular weight is 630 g/mol. The third-order valence-corrected chi connectivity index (χ3v) is 9.53. The Morgan fingerprint density at radius 1 is 1.17 bits per heavy atom. The minimum Gasteiger partial charge on any atom is -0.444 e. The van der Waals surface area contributed by atoms with Crippen LogP contribution in [0.15, 0.2) is 36.7 Å². The van der Waals surface area contributed by atoms with Crippen LogP contribution in [0.25, 0.3) is 33.1 Å². The topological polar surface area (TPSA) is 90.5 Å². The van der Waals surface area contributed by atoms with E-state index < -0.39 is 17.5 Å². The van der Waals surface area contributed by atoms with E-state index in [2.05, 4.69) is 27.4 Å². The number of piperidine rings is 1. The molecule has 2 saturated heterocycles. The number of nitrogens with zero attached hydrogens (tertiary/aromatic N) is 7. The van der Waals surface area contributed by atoms with Crippen molar-refractivity contribution < 1.29 is 18.3 Å². The molecule has 0 radical (unpaired) electrons. The van der Waals surface area contributed by atoms with Gasteiger partial charge in [-0.15, -0.1) is 0 Å². The van der Waals surface area contributed by atoms with E-state index in [0.29, 0.717) is 65.9 Å². The van der Waals surface area contributed by atoms with E-state index in [0.717, 1.165) is 5.52 Å². The summed E-state index contributed by atoms with van der Waals surface area (Å²) in [6.45, 7) is 11.3. The highest BCUT2D eigenvalue weighted by atomic mass is 19.1. The molecule has 2 aromatic carbocycles. The number of likely N-dealkylation sites (N-methyl/N-ethyl adjacent to an activating group) is 1. The molecule has 0 N–H and O–H groups in total. The van der Waals surface area contributed by atoms with Gasteiger partial charge in [0, 0.05) is 42.7 Å². The van der Waals surface area contributed by atoms with Gasteiger partial charge in [0.05, 0.1) is 29.9 Å². The van der Waals surface area contributed by atoms with Crippen LogP contribution in [0.4, 0.5) is 19.4 Å². The molecule has 4 aromatic rings. The summed E-state index contributed by atoms with van der Waals surface area (Å²) in [5, 5.41) is 10.3. The van der Waals surface area contributed by atoms with E-state index in [1.54, 1.807) is 23.4 Å². The number of anilines is 1. The van der Waals surface area contributed by atoms with Crippen LogP contribution in [0.2, 0.25) is 0 Å². The lowest BCUT2D eigenvalue weighted by molar-refractivity contribution is 0.00618. The molecule has 6 rings (SSSR count). The molecule has 0 spiro atoms. The van der Waals surface area contributed by atoms with Crippen molar-refractivity contribution in [3.8, 4) is 17.2 Å². The summed E-state index contributed by atoms with van der Waals surface area (Å²) in [6.07, 6.45) is 2.67. The SMILES string of the molecule is Cc1cc2c(nc(N3CC(C)(N(C)C)C3)c3ncn([C@H]4CCN(C(=O)OC(C)(C)C)[C@H](CC#N)C4)c32)c(F)c1-c1ccc(F)cc1. The fraction of sp³-hybridized carbons (Fsp3) is 0.486. The Bertz CT molecular complexity index is 1850. The Morgan fingerprint density at radius 3 is 2.50 bits per heavy atom. The van der Waals surface area contributed by atoms with E-state index >= 15 is 4.39 Å². The summed E-state index contributed by atoms with van der Waals surface area (Å²) in [6, 6.07) is 9.59. The molecule has 0 bridgehead atoms. The van der Waals surface area contributed by atoms with Crippen molar-refractivity contribution in [1.29, 1.82) is 5.26 Å². The average Bonchev–Trinajstić information content (AvgIpc) is 3.41. The number of pyridine rings is 1. The van der Waals surface area contributed by atoms with Gasteiger partial charge in [-0.1, -0.05) is 12.1 Å². The molecule has 11 heteroatoms. The smallest absolute Gasteiger partial charge is 0.410 e. The normalized spacial score (nSPS) is 19.8. The van der Waals surface area contributed by atoms with Gasteiger partial charge in [0.25, 0.3) is 0 Å². The Labute approximate surface area is 268 Å². The zero-order valence-electron chi connectivity index (χ0n) is 27.6. The van der Waals surface area contributed by atoms with E-state index in [1.165, 1.54) is 12.1 Å². The van der Waals surface area contributed by atoms with Crippen molar-refractivity contribution in [2.45, 2.75) is 77.1 Å². The van der Waals surface area contributed by atoms with Crippen LogP contribution in [0.1, 0.15) is 58.6 Å². The number of carbonyl (C=O) groups is 1. The second kappa shape index (κ2) is 11.5. The van der Waals surface area contributed by atoms with Crippen LogP contribution in [0.3, 0.4) is 0 Å². The van der Waals surface area contributed by atoms with Gasteiger partial charge < -0.3 is 24.0 Å². The number of aryl methyl sites for hydroxylation is 1. The molecule has 46 heavy (non-hydrogen) atoms. The van der Waals surface area contributed by atoms with E-state index in [1.807, 2.05) is 47.9 Å². The first-order valence-corrected chi connectivity index (χ1v) is 15.7. The second-order valence-corrected chi connectivity index (χ2v) is 14.2. The van der Waals surface area contributed by atoms with E-state index in [4.69, 9.17) is 14.7 Å². The van der Waals surface area contributed by atoms with Crippen LogP contribution in [-0.4, -0.2) is 81.3 Å². The van der Waals surface area contributed by atoms with Gasteiger partial charge in [-0.25, -0.2) is 23.5 Å². The number of hydrogen-bond acceptors (Lipinski definition) is 7. The Kier molecular flexibility index (Phi) is 7.92. The molecule has 0 unspecified atom stereocenters. The first kappa shape index (κ1) is 31.7. The first-order chi connectivity index (χ1) is 21.7. The number of aromatic nitrogens is 3. The minimum absolute atomic E-state index is 0.0599. The highest BCUT2D eigenvalue weighted by molar-refractivity contribution is 6.09. The largest absolute Gasteiger partial charge is 0.444 e. The molecule has 0 aliphatic carbocycles. The third kappa shape index (κ3) is 5.53. The van der Waals surface area contributed by atoms with Gasteiger partial charge in [-0.2, -0.15) is 5.26 Å². The zero-order valence-corrected chi connectivity index (χ0v) is 27.6. The monoisotopic (exact) mass is 629 g/mol. The molecular weight excluding hydrogens is 588 g/mol. The molecule has 9 nitrogen and oxygen atoms in total. The maximum absolute atomic E-state index is 16.7. The number of fused-ring (bicyclic) bond motifs is 3. The van der Waals surface area contributed by atoms with Gasteiger partial charge in [-0.3, -0.25) is 0 Å². The number of hydrogen-bond donors (Lipinski definition) is 0. The molecule has 2 aromatic heterocycles. The molecule has 2 fully saturated rings. The lowest BCUT2D eigenvalue weighted by atomic mass is 9.90. The molecule has 4 heterocycles. The second-order valence-electron chi connectivity index (χ2n) is 14.2. The van der Waals surface area contributed by atoms with Crippen LogP contribution in [0, 0.1) is 29.9 Å². The van der Waals surface area contributed by atoms with E-state index in [9.17, 15) is 14.4 Å². The summed E-state index contributed by atoms with van der Waals surface area (Å²) < 4.78 is 38.2. The highest BCUT2D eigenvalue weighted by Gasteiger charge is 2.43. The van der Waals surface area contributed by atoms with Crippen molar-refractivity contribution in [3.05, 3.63) is 53.9 Å². The van der Waals surface area contributed by atoms with Gasteiger partial charge in [-0.05, 0) is 90.9 Å². The maximum atomic E-state index is 16.7. The van der Waals surface area contributed by atoms with Crippen molar-refractivity contribution in [1.82, 2.24) is 24.3 Å². The number of rotatable bonds is 5. The van der Waals surface area contributed by atoms with E-state index in [-0.39, 0.29) is 35.4 Å².